The van der Waals surface area contributed by atoms with Gasteiger partial charge in [-0.2, -0.15) is 0 Å². The van der Waals surface area contributed by atoms with Crippen LogP contribution < -0.4 is 5.32 Å². The van der Waals surface area contributed by atoms with Gasteiger partial charge < -0.3 is 30.3 Å². The summed E-state index contributed by atoms with van der Waals surface area (Å²) >= 11 is 0. The summed E-state index contributed by atoms with van der Waals surface area (Å²) in [5.41, 5.74) is 10.0. The van der Waals surface area contributed by atoms with Gasteiger partial charge in [-0.1, -0.05) is 115 Å². The monoisotopic (exact) mass is 1120 g/mol. The fourth-order valence-corrected chi connectivity index (χ4v) is 11.0. The first-order valence-electron chi connectivity index (χ1n) is 28.2. The van der Waals surface area contributed by atoms with E-state index in [1.54, 1.807) is 34.1 Å². The van der Waals surface area contributed by atoms with E-state index in [9.17, 15) is 48.5 Å². The van der Waals surface area contributed by atoms with Crippen LogP contribution in [0.25, 0.3) is 22.2 Å². The number of nitro benzene ring substituents is 1. The lowest BCUT2D eigenvalue weighted by molar-refractivity contribution is -0.384. The van der Waals surface area contributed by atoms with E-state index in [0.717, 1.165) is 76.6 Å². The molecule has 2 saturated heterocycles. The normalized spacial score (nSPS) is 15.0. The maximum Gasteiger partial charge on any atom is 0.303 e. The number of ketones is 3. The highest BCUT2D eigenvalue weighted by atomic mass is 16.6. The van der Waals surface area contributed by atoms with Crippen LogP contribution in [0.3, 0.4) is 0 Å². The maximum atomic E-state index is 13.6. The number of carboxylic acid groups (broad SMARTS) is 2. The number of Topliss-reactive ketones (excluding diaryl/α,β-unsaturated/α-hetero) is 3. The number of aromatic amines is 1. The number of carbonyl (C=O) groups excluding carboxylic acids is 6. The molecule has 2 atom stereocenters. The molecule has 0 saturated carbocycles. The molecule has 1 aliphatic carbocycles. The first kappa shape index (κ1) is 59.7. The Hall–Kier alpha value is -9.38. The van der Waals surface area contributed by atoms with Gasteiger partial charge in [0, 0.05) is 96.3 Å². The number of amides is 3. The third kappa shape index (κ3) is 16.4. The molecule has 428 valence electrons. The van der Waals surface area contributed by atoms with Crippen molar-refractivity contribution in [1.29, 1.82) is 0 Å². The zero-order valence-corrected chi connectivity index (χ0v) is 46.1. The Kier molecular flexibility index (Phi) is 20.8. The van der Waals surface area contributed by atoms with Gasteiger partial charge in [-0.05, 0) is 110 Å². The Bertz CT molecular complexity index is 3490. The molecule has 3 aliphatic rings. The number of aromatic nitrogens is 1. The Morgan fingerprint density at radius 1 is 0.566 bits per heavy atom. The number of anilines is 1. The molecule has 0 bridgehead atoms. The standard InChI is InChI=1S/C44H44N4O4.C11H11NO5.C11H12O3/c49-40(38-16-8-22-47(38)41(50)26-29-10-3-1-4-11-29)25-31-18-21-37-36(24-31)35-15-7-14-32-28-33(19-20-34(32)43(35)46-37)45-44(52)39-17-9-23-48(39)42(51)27-30-12-5-2-6-13-30;13-10(5-2-6-11(14)15)8-3-1-4-9(7-8)12(16)17;12-10(7-4-8-11(13)14)9-5-2-1-3-6-9/h1-6,10-13,18-21,24,28,38-39,46H,7-9,14-17,22-23,25-27H2,(H,45,52);1,3-4,7H,2,5-6H2,(H,14,15);1-3,5-6H,4,7-8H2,(H,13,14)/t38-,39-;;/m0../s1. The summed E-state index contributed by atoms with van der Waals surface area (Å²) < 4.78 is 0. The molecule has 83 heavy (non-hydrogen) atoms. The summed E-state index contributed by atoms with van der Waals surface area (Å²) in [7, 11) is 0. The summed E-state index contributed by atoms with van der Waals surface area (Å²) in [5.74, 6) is -2.13. The lowest BCUT2D eigenvalue weighted by atomic mass is 9.98. The van der Waals surface area contributed by atoms with Crippen LogP contribution in [0.5, 0.6) is 0 Å². The van der Waals surface area contributed by atoms with Crippen LogP contribution in [0, 0.1) is 10.1 Å². The highest BCUT2D eigenvalue weighted by Gasteiger charge is 2.35. The molecule has 6 aromatic carbocycles. The van der Waals surface area contributed by atoms with E-state index in [1.807, 2.05) is 78.9 Å². The number of hydrogen-bond donors (Lipinski definition) is 4. The number of likely N-dealkylation sites (tertiary alicyclic amines) is 2. The number of carbonyl (C=O) groups is 8. The minimum atomic E-state index is -0.961. The van der Waals surface area contributed by atoms with Gasteiger partial charge in [0.15, 0.2) is 17.3 Å². The van der Waals surface area contributed by atoms with E-state index < -0.39 is 22.9 Å². The molecule has 7 aromatic rings. The summed E-state index contributed by atoms with van der Waals surface area (Å²) in [5, 5.41) is 31.6. The number of hydrogen-bond acceptors (Lipinski definition) is 10. The summed E-state index contributed by atoms with van der Waals surface area (Å²) in [6.07, 6.45) is 7.66. The van der Waals surface area contributed by atoms with Crippen molar-refractivity contribution in [1.82, 2.24) is 14.8 Å². The van der Waals surface area contributed by atoms with Crippen LogP contribution in [0.2, 0.25) is 0 Å². The van der Waals surface area contributed by atoms with Crippen LogP contribution in [-0.4, -0.2) is 102 Å². The van der Waals surface area contributed by atoms with E-state index >= 15 is 0 Å². The number of fused-ring (bicyclic) bond motifs is 5. The molecule has 17 nitrogen and oxygen atoms in total. The van der Waals surface area contributed by atoms with E-state index in [1.165, 1.54) is 35.4 Å². The minimum Gasteiger partial charge on any atom is -0.481 e. The topological polar surface area (TPSA) is 254 Å². The number of H-pyrrole nitrogens is 1. The number of aryl methyl sites for hydroxylation is 2. The third-order valence-electron chi connectivity index (χ3n) is 15.1. The highest BCUT2D eigenvalue weighted by molar-refractivity contribution is 6.00. The largest absolute Gasteiger partial charge is 0.481 e. The summed E-state index contributed by atoms with van der Waals surface area (Å²) in [4.78, 5) is 114. The SMILES string of the molecule is O=C(Cc1ccc2[nH]c3c(c2c1)CCCc1cc(NC(=O)[C@@H]2CCCN2C(=O)Cc2ccccc2)ccc1-3)[C@@H]1CCCN1C(=O)Cc1ccccc1.O=C(O)CCCC(=O)c1cccc([N+](=O)[O-])c1.O=C(O)CCCC(=O)c1ccccc1. The van der Waals surface area contributed by atoms with E-state index in [-0.39, 0.29) is 78.0 Å². The van der Waals surface area contributed by atoms with Crippen molar-refractivity contribution in [3.05, 3.63) is 201 Å². The number of carboxylic acids is 2. The zero-order valence-electron chi connectivity index (χ0n) is 46.1. The molecule has 0 spiro atoms. The van der Waals surface area contributed by atoms with Gasteiger partial charge >= 0.3 is 11.9 Å². The Balaban J connectivity index is 0.000000236. The highest BCUT2D eigenvalue weighted by Crippen LogP contribution is 2.38. The second-order valence-corrected chi connectivity index (χ2v) is 21.0. The molecular formula is C66H67N5O12. The summed E-state index contributed by atoms with van der Waals surface area (Å²) in [6.45, 7) is 1.23. The van der Waals surface area contributed by atoms with E-state index in [0.29, 0.717) is 63.6 Å². The van der Waals surface area contributed by atoms with E-state index in [2.05, 4.69) is 34.6 Å². The van der Waals surface area contributed by atoms with Crippen molar-refractivity contribution in [2.45, 2.75) is 115 Å². The Morgan fingerprint density at radius 3 is 1.73 bits per heavy atom. The smallest absolute Gasteiger partial charge is 0.303 e. The van der Waals surface area contributed by atoms with Gasteiger partial charge in [-0.25, -0.2) is 0 Å². The van der Waals surface area contributed by atoms with Gasteiger partial charge in [0.25, 0.3) is 5.69 Å². The Morgan fingerprint density at radius 2 is 1.13 bits per heavy atom. The van der Waals surface area contributed by atoms with Crippen molar-refractivity contribution >= 4 is 69.3 Å². The van der Waals surface area contributed by atoms with Gasteiger partial charge in [0.1, 0.15) is 6.04 Å². The Labute approximate surface area is 480 Å². The molecule has 2 fully saturated rings. The predicted molar refractivity (Wildman–Crippen MR) is 314 cm³/mol. The number of nitrogens with one attached hydrogen (secondary N) is 2. The first-order chi connectivity index (χ1) is 40.1. The van der Waals surface area contributed by atoms with Crippen LogP contribution in [0.4, 0.5) is 11.4 Å². The average molecular weight is 1120 g/mol. The van der Waals surface area contributed by atoms with Crippen LogP contribution in [0.15, 0.2) is 152 Å². The quantitative estimate of drug-likeness (QED) is 0.0316. The number of rotatable bonds is 20. The predicted octanol–water partition coefficient (Wildman–Crippen LogP) is 11.0. The maximum absolute atomic E-state index is 13.6. The number of non-ortho nitro benzene ring substituents is 1. The molecule has 0 unspecified atom stereocenters. The second-order valence-electron chi connectivity index (χ2n) is 21.0. The lowest BCUT2D eigenvalue weighted by Gasteiger charge is -2.24. The zero-order chi connectivity index (χ0) is 58.8. The summed E-state index contributed by atoms with van der Waals surface area (Å²) in [6, 6.07) is 45.3. The molecule has 10 rings (SSSR count). The molecule has 3 amide bonds. The van der Waals surface area contributed by atoms with Crippen molar-refractivity contribution in [2.24, 2.45) is 0 Å². The molecule has 2 aliphatic heterocycles. The minimum absolute atomic E-state index is 0.00634. The lowest BCUT2D eigenvalue weighted by Crippen LogP contribution is -2.43. The number of nitro groups is 1. The average Bonchev–Trinajstić information content (AvgIpc) is 4.28. The van der Waals surface area contributed by atoms with Crippen molar-refractivity contribution in [3.63, 3.8) is 0 Å². The van der Waals surface area contributed by atoms with Crippen LogP contribution in [0.1, 0.15) is 119 Å². The molecule has 0 radical (unpaired) electrons. The van der Waals surface area contributed by atoms with Crippen LogP contribution in [-0.2, 0) is 60.9 Å². The third-order valence-corrected chi connectivity index (χ3v) is 15.1. The van der Waals surface area contributed by atoms with Gasteiger partial charge in [0.2, 0.25) is 17.7 Å². The first-order valence-corrected chi connectivity index (χ1v) is 28.2. The van der Waals surface area contributed by atoms with Crippen molar-refractivity contribution < 1.29 is 53.5 Å². The molecule has 17 heteroatoms. The second kappa shape index (κ2) is 28.9. The number of nitrogens with zero attached hydrogens (tertiary/aromatic N) is 3. The van der Waals surface area contributed by atoms with Gasteiger partial charge in [-0.3, -0.25) is 48.5 Å². The van der Waals surface area contributed by atoms with E-state index in [4.69, 9.17) is 10.2 Å². The van der Waals surface area contributed by atoms with Gasteiger partial charge in [0.05, 0.1) is 23.8 Å². The molecule has 3 heterocycles. The fraction of sp³-hybridized carbons (Fsp3) is 0.303. The number of benzene rings is 6. The van der Waals surface area contributed by atoms with Gasteiger partial charge in [-0.15, -0.1) is 0 Å². The number of aliphatic carboxylic acids is 2. The molecular weight excluding hydrogens is 1050 g/mol. The van der Waals surface area contributed by atoms with Crippen molar-refractivity contribution in [2.75, 3.05) is 18.4 Å². The fourth-order valence-electron chi connectivity index (χ4n) is 11.0. The molecule has 4 N–H and O–H groups in total. The van der Waals surface area contributed by atoms with Crippen molar-refractivity contribution in [3.8, 4) is 11.3 Å². The van der Waals surface area contributed by atoms with Crippen LogP contribution >= 0.6 is 0 Å². The molecule has 1 aromatic heterocycles.